The van der Waals surface area contributed by atoms with Crippen molar-refractivity contribution in [2.45, 2.75) is 57.0 Å². The van der Waals surface area contributed by atoms with Gasteiger partial charge in [0.1, 0.15) is 0 Å². The van der Waals surface area contributed by atoms with Crippen LogP contribution in [0.5, 0.6) is 0 Å². The lowest BCUT2D eigenvalue weighted by atomic mass is 9.82. The fraction of sp³-hybridized carbons (Fsp3) is 0.737. The van der Waals surface area contributed by atoms with E-state index in [1.54, 1.807) is 0 Å². The minimum absolute atomic E-state index is 0.0290. The number of rotatable bonds is 4. The maximum absolute atomic E-state index is 6.16. The number of nitrogens with zero attached hydrogens (tertiary/aromatic N) is 2. The van der Waals surface area contributed by atoms with Crippen LogP contribution in [0.2, 0.25) is 0 Å². The third kappa shape index (κ3) is 3.64. The average molecular weight is 332 g/mol. The Morgan fingerprint density at radius 3 is 2.83 bits per heavy atom. The van der Waals surface area contributed by atoms with Gasteiger partial charge in [-0.25, -0.2) is 0 Å². The molecule has 1 spiro atoms. The van der Waals surface area contributed by atoms with Gasteiger partial charge in [0.25, 0.3) is 0 Å². The summed E-state index contributed by atoms with van der Waals surface area (Å²) < 4.78 is 17.8. The standard InChI is InChI=1S/C19H28N2O3/c1-15-3-2-4-16(20-15)12-23-18-7-10-24-19(11-18)13-21(14-19)17-5-8-22-9-6-17/h2-4,17-18H,5-14H2,1H3/t18-/m0/s1. The van der Waals surface area contributed by atoms with Crippen LogP contribution < -0.4 is 0 Å². The molecule has 132 valence electrons. The van der Waals surface area contributed by atoms with E-state index in [0.29, 0.717) is 12.6 Å². The third-order valence-corrected chi connectivity index (χ3v) is 5.55. The molecule has 0 radical (unpaired) electrons. The number of ether oxygens (including phenoxy) is 3. The summed E-state index contributed by atoms with van der Waals surface area (Å²) in [5.41, 5.74) is 2.10. The quantitative estimate of drug-likeness (QED) is 0.847. The number of hydrogen-bond acceptors (Lipinski definition) is 5. The van der Waals surface area contributed by atoms with Gasteiger partial charge in [-0.2, -0.15) is 0 Å². The van der Waals surface area contributed by atoms with Gasteiger partial charge in [-0.3, -0.25) is 9.88 Å². The van der Waals surface area contributed by atoms with E-state index in [0.717, 1.165) is 70.0 Å². The summed E-state index contributed by atoms with van der Waals surface area (Å²) in [6.07, 6.45) is 4.62. The van der Waals surface area contributed by atoms with Crippen molar-refractivity contribution in [2.24, 2.45) is 0 Å². The molecule has 1 aromatic heterocycles. The van der Waals surface area contributed by atoms with Crippen LogP contribution in [0.3, 0.4) is 0 Å². The monoisotopic (exact) mass is 332 g/mol. The highest BCUT2D eigenvalue weighted by atomic mass is 16.5. The minimum Gasteiger partial charge on any atom is -0.381 e. The first-order chi connectivity index (χ1) is 11.7. The van der Waals surface area contributed by atoms with Crippen LogP contribution in [0, 0.1) is 6.92 Å². The van der Waals surface area contributed by atoms with Crippen molar-refractivity contribution in [1.82, 2.24) is 9.88 Å². The molecule has 3 saturated heterocycles. The highest BCUT2D eigenvalue weighted by Crippen LogP contribution is 2.38. The van der Waals surface area contributed by atoms with Gasteiger partial charge in [-0.15, -0.1) is 0 Å². The molecule has 0 N–H and O–H groups in total. The SMILES string of the molecule is Cc1cccc(CO[C@H]2CCOC3(C2)CN(C2CCOCC2)C3)n1. The lowest BCUT2D eigenvalue weighted by Gasteiger charge is -2.56. The Kier molecular flexibility index (Phi) is 4.86. The van der Waals surface area contributed by atoms with E-state index in [-0.39, 0.29) is 11.7 Å². The first kappa shape index (κ1) is 16.5. The zero-order chi connectivity index (χ0) is 16.4. The van der Waals surface area contributed by atoms with Gasteiger partial charge < -0.3 is 14.2 Å². The Morgan fingerprint density at radius 1 is 1.21 bits per heavy atom. The van der Waals surface area contributed by atoms with Crippen molar-refractivity contribution in [3.63, 3.8) is 0 Å². The summed E-state index contributed by atoms with van der Waals surface area (Å²) >= 11 is 0. The summed E-state index contributed by atoms with van der Waals surface area (Å²) in [7, 11) is 0. The zero-order valence-electron chi connectivity index (χ0n) is 14.6. The number of likely N-dealkylation sites (tertiary alicyclic amines) is 1. The van der Waals surface area contributed by atoms with Gasteiger partial charge >= 0.3 is 0 Å². The summed E-state index contributed by atoms with van der Waals surface area (Å²) in [5.74, 6) is 0. The molecule has 3 aliphatic rings. The highest BCUT2D eigenvalue weighted by Gasteiger charge is 2.49. The maximum Gasteiger partial charge on any atom is 0.0959 e. The molecular formula is C19H28N2O3. The molecule has 0 bridgehead atoms. The largest absolute Gasteiger partial charge is 0.381 e. The van der Waals surface area contributed by atoms with Crippen LogP contribution in [0.1, 0.15) is 37.1 Å². The predicted octanol–water partition coefficient (Wildman–Crippen LogP) is 2.32. The fourth-order valence-electron chi connectivity index (χ4n) is 4.23. The number of aryl methyl sites for hydroxylation is 1. The molecule has 5 nitrogen and oxygen atoms in total. The van der Waals surface area contributed by atoms with Crippen LogP contribution in [0.4, 0.5) is 0 Å². The van der Waals surface area contributed by atoms with E-state index < -0.39 is 0 Å². The van der Waals surface area contributed by atoms with Gasteiger partial charge in [-0.1, -0.05) is 6.07 Å². The molecule has 0 aromatic carbocycles. The van der Waals surface area contributed by atoms with Gasteiger partial charge in [0.2, 0.25) is 0 Å². The normalized spacial score (nSPS) is 28.0. The van der Waals surface area contributed by atoms with E-state index in [2.05, 4.69) is 9.88 Å². The molecular weight excluding hydrogens is 304 g/mol. The molecule has 4 heterocycles. The third-order valence-electron chi connectivity index (χ3n) is 5.55. The molecule has 3 fully saturated rings. The molecule has 0 amide bonds. The Bertz CT molecular complexity index is 553. The molecule has 0 saturated carbocycles. The average Bonchev–Trinajstić information content (AvgIpc) is 2.59. The van der Waals surface area contributed by atoms with Gasteiger partial charge in [0.15, 0.2) is 0 Å². The van der Waals surface area contributed by atoms with Gasteiger partial charge in [-0.05, 0) is 38.3 Å². The first-order valence-corrected chi connectivity index (χ1v) is 9.22. The lowest BCUT2D eigenvalue weighted by molar-refractivity contribution is -0.210. The second kappa shape index (κ2) is 7.08. The fourth-order valence-corrected chi connectivity index (χ4v) is 4.23. The van der Waals surface area contributed by atoms with Crippen molar-refractivity contribution in [2.75, 3.05) is 32.9 Å². The molecule has 1 aromatic rings. The van der Waals surface area contributed by atoms with Crippen molar-refractivity contribution >= 4 is 0 Å². The van der Waals surface area contributed by atoms with Crippen molar-refractivity contribution in [1.29, 1.82) is 0 Å². The maximum atomic E-state index is 6.16. The Balaban J connectivity index is 1.27. The van der Waals surface area contributed by atoms with Gasteiger partial charge in [0, 0.05) is 51.1 Å². The van der Waals surface area contributed by atoms with Crippen molar-refractivity contribution < 1.29 is 14.2 Å². The number of aromatic nitrogens is 1. The molecule has 5 heteroatoms. The molecule has 0 aliphatic carbocycles. The van der Waals surface area contributed by atoms with Crippen LogP contribution in [-0.2, 0) is 20.8 Å². The Hall–Kier alpha value is -1.01. The van der Waals surface area contributed by atoms with E-state index in [9.17, 15) is 0 Å². The number of hydrogen-bond donors (Lipinski definition) is 0. The topological polar surface area (TPSA) is 43.8 Å². The smallest absolute Gasteiger partial charge is 0.0959 e. The zero-order valence-corrected chi connectivity index (χ0v) is 14.6. The van der Waals surface area contributed by atoms with E-state index in [4.69, 9.17) is 14.2 Å². The second-order valence-corrected chi connectivity index (χ2v) is 7.48. The number of pyridine rings is 1. The van der Waals surface area contributed by atoms with E-state index in [1.165, 1.54) is 0 Å². The summed E-state index contributed by atoms with van der Waals surface area (Å²) in [6.45, 7) is 7.36. The highest BCUT2D eigenvalue weighted by molar-refractivity contribution is 5.09. The summed E-state index contributed by atoms with van der Waals surface area (Å²) in [5, 5.41) is 0. The lowest BCUT2D eigenvalue weighted by Crippen LogP contribution is -2.68. The van der Waals surface area contributed by atoms with Crippen LogP contribution in [0.15, 0.2) is 18.2 Å². The van der Waals surface area contributed by atoms with Gasteiger partial charge in [0.05, 0.1) is 24.0 Å². The molecule has 0 unspecified atom stereocenters. The Labute approximate surface area is 144 Å². The molecule has 3 aliphatic heterocycles. The second-order valence-electron chi connectivity index (χ2n) is 7.48. The van der Waals surface area contributed by atoms with Crippen molar-refractivity contribution in [3.8, 4) is 0 Å². The minimum atomic E-state index is 0.0290. The summed E-state index contributed by atoms with van der Waals surface area (Å²) in [6, 6.07) is 6.79. The van der Waals surface area contributed by atoms with Crippen LogP contribution in [-0.4, -0.2) is 60.5 Å². The molecule has 24 heavy (non-hydrogen) atoms. The first-order valence-electron chi connectivity index (χ1n) is 9.22. The Morgan fingerprint density at radius 2 is 2.04 bits per heavy atom. The van der Waals surface area contributed by atoms with E-state index >= 15 is 0 Å². The van der Waals surface area contributed by atoms with Crippen LogP contribution >= 0.6 is 0 Å². The van der Waals surface area contributed by atoms with Crippen molar-refractivity contribution in [3.05, 3.63) is 29.6 Å². The predicted molar refractivity (Wildman–Crippen MR) is 90.9 cm³/mol. The van der Waals surface area contributed by atoms with E-state index in [1.807, 2.05) is 25.1 Å². The molecule has 1 atom stereocenters. The van der Waals surface area contributed by atoms with Crippen LogP contribution in [0.25, 0.3) is 0 Å². The molecule has 4 rings (SSSR count). The summed E-state index contributed by atoms with van der Waals surface area (Å²) in [4.78, 5) is 7.10.